The van der Waals surface area contributed by atoms with Crippen molar-refractivity contribution in [3.63, 3.8) is 0 Å². The molecule has 10 nitrogen and oxygen atoms in total. The molecule has 10 heteroatoms. The van der Waals surface area contributed by atoms with Crippen molar-refractivity contribution in [2.45, 2.75) is 43.1 Å². The van der Waals surface area contributed by atoms with Gasteiger partial charge in [0.25, 0.3) is 0 Å². The van der Waals surface area contributed by atoms with Gasteiger partial charge in [-0.1, -0.05) is 26.0 Å². The molecule has 2 fully saturated rings. The van der Waals surface area contributed by atoms with Crippen molar-refractivity contribution < 1.29 is 39.9 Å². The molecule has 0 aromatic heterocycles. The van der Waals surface area contributed by atoms with Gasteiger partial charge in [0, 0.05) is 28.9 Å². The van der Waals surface area contributed by atoms with Crippen LogP contribution >= 0.6 is 0 Å². The standard InChI is InChI=1S/C23H28N2O8/c1-22(2)8-6-5-7-9(26)10(8)16(27)11-13(22)18(29)14-15(25(3)4)17(28)12(21(24)32)20(31)23(14,33)19(11)30/h5-7,12-15,17-18,26-29,33H,1-4H3,(H2,24,32)/t12-,13+,14+,15-,17+,18-,23-/m0/s1. The number of Topliss-reactive ketones (excluding diaryl/α,β-unsaturated/α-hetero) is 2. The summed E-state index contributed by atoms with van der Waals surface area (Å²) in [5, 5.41) is 55.5. The number of fused-ring (bicyclic) bond motifs is 3. The van der Waals surface area contributed by atoms with Gasteiger partial charge in [-0.25, -0.2) is 0 Å². The fourth-order valence-corrected chi connectivity index (χ4v) is 6.25. The Labute approximate surface area is 189 Å². The summed E-state index contributed by atoms with van der Waals surface area (Å²) in [4.78, 5) is 40.6. The zero-order valence-electron chi connectivity index (χ0n) is 18.7. The third-order valence-electron chi connectivity index (χ3n) is 7.72. The number of nitrogens with two attached hydrogens (primary N) is 1. The van der Waals surface area contributed by atoms with Gasteiger partial charge in [-0.05, 0) is 25.7 Å². The molecular formula is C23H28N2O8. The van der Waals surface area contributed by atoms with E-state index in [1.54, 1.807) is 26.0 Å². The van der Waals surface area contributed by atoms with Gasteiger partial charge in [0.2, 0.25) is 11.7 Å². The third-order valence-corrected chi connectivity index (χ3v) is 7.72. The van der Waals surface area contributed by atoms with E-state index < -0.39 is 75.8 Å². The quantitative estimate of drug-likeness (QED) is 0.296. The molecule has 0 spiro atoms. The number of carbonyl (C=O) groups is 3. The fraction of sp³-hybridized carbons (Fsp3) is 0.522. The summed E-state index contributed by atoms with van der Waals surface area (Å²) in [6.45, 7) is 3.42. The Balaban J connectivity index is 2.05. The molecule has 7 atom stereocenters. The number of phenolic OH excluding ortho intramolecular Hbond substituents is 1. The lowest BCUT2D eigenvalue weighted by atomic mass is 9.49. The largest absolute Gasteiger partial charge is 0.507 e. The normalized spacial score (nSPS) is 37.5. The Morgan fingerprint density at radius 2 is 1.70 bits per heavy atom. The van der Waals surface area contributed by atoms with Gasteiger partial charge in [0.05, 0.1) is 17.8 Å². The molecule has 0 heterocycles. The maximum Gasteiger partial charge on any atom is 0.230 e. The Kier molecular flexibility index (Phi) is 5.03. The molecule has 0 unspecified atom stereocenters. The second-order valence-electron chi connectivity index (χ2n) is 9.96. The van der Waals surface area contributed by atoms with Crippen LogP contribution in [0.25, 0.3) is 5.76 Å². The number of amides is 1. The number of primary amides is 1. The summed E-state index contributed by atoms with van der Waals surface area (Å²) >= 11 is 0. The highest BCUT2D eigenvalue weighted by atomic mass is 16.3. The van der Waals surface area contributed by atoms with E-state index in [0.29, 0.717) is 5.56 Å². The van der Waals surface area contributed by atoms with Crippen LogP contribution in [0.1, 0.15) is 25.0 Å². The number of aromatic hydroxyl groups is 1. The van der Waals surface area contributed by atoms with Crippen LogP contribution in [-0.2, 0) is 19.8 Å². The van der Waals surface area contributed by atoms with E-state index in [2.05, 4.69) is 0 Å². The zero-order valence-corrected chi connectivity index (χ0v) is 18.7. The van der Waals surface area contributed by atoms with Crippen LogP contribution in [0.15, 0.2) is 23.8 Å². The van der Waals surface area contributed by atoms with Crippen molar-refractivity contribution in [3.05, 3.63) is 34.9 Å². The lowest BCUT2D eigenvalue weighted by Gasteiger charge is -2.58. The fourth-order valence-electron chi connectivity index (χ4n) is 6.25. The average Bonchev–Trinajstić information content (AvgIpc) is 2.70. The minimum absolute atomic E-state index is 0.0322. The maximum atomic E-state index is 13.8. The number of aliphatic hydroxyl groups is 4. The van der Waals surface area contributed by atoms with Gasteiger partial charge < -0.3 is 36.2 Å². The van der Waals surface area contributed by atoms with E-state index in [1.807, 2.05) is 0 Å². The number of hydrogen-bond acceptors (Lipinski definition) is 9. The average molecular weight is 460 g/mol. The summed E-state index contributed by atoms with van der Waals surface area (Å²) in [6.07, 6.45) is -3.27. The number of carbonyl (C=O) groups excluding carboxylic acids is 3. The maximum absolute atomic E-state index is 13.8. The van der Waals surface area contributed by atoms with Gasteiger partial charge in [0.1, 0.15) is 17.4 Å². The molecule has 1 aromatic rings. The molecule has 1 aromatic carbocycles. The summed E-state index contributed by atoms with van der Waals surface area (Å²) in [5.41, 5.74) is 1.40. The number of benzene rings is 1. The first-order chi connectivity index (χ1) is 15.2. The Morgan fingerprint density at radius 3 is 2.24 bits per heavy atom. The molecule has 1 amide bonds. The van der Waals surface area contributed by atoms with Gasteiger partial charge in [-0.3, -0.25) is 14.4 Å². The number of rotatable bonds is 2. The van der Waals surface area contributed by atoms with Crippen molar-refractivity contribution in [1.29, 1.82) is 0 Å². The van der Waals surface area contributed by atoms with Crippen molar-refractivity contribution in [2.75, 3.05) is 14.1 Å². The molecular weight excluding hydrogens is 432 g/mol. The lowest BCUT2D eigenvalue weighted by molar-refractivity contribution is -0.200. The third kappa shape index (κ3) is 2.72. The highest BCUT2D eigenvalue weighted by Crippen LogP contribution is 2.57. The van der Waals surface area contributed by atoms with Crippen LogP contribution in [0.4, 0.5) is 0 Å². The van der Waals surface area contributed by atoms with Crippen LogP contribution in [0, 0.1) is 17.8 Å². The van der Waals surface area contributed by atoms with E-state index in [0.717, 1.165) is 0 Å². The minimum atomic E-state index is -2.93. The predicted molar refractivity (Wildman–Crippen MR) is 115 cm³/mol. The van der Waals surface area contributed by atoms with Crippen molar-refractivity contribution in [3.8, 4) is 5.75 Å². The van der Waals surface area contributed by atoms with E-state index >= 15 is 0 Å². The minimum Gasteiger partial charge on any atom is -0.507 e. The molecule has 0 aliphatic heterocycles. The topological polar surface area (TPSA) is 182 Å². The molecule has 3 aliphatic carbocycles. The van der Waals surface area contributed by atoms with E-state index in [1.165, 1.54) is 25.1 Å². The zero-order chi connectivity index (χ0) is 24.8. The first-order valence-electron chi connectivity index (χ1n) is 10.6. The molecule has 0 saturated heterocycles. The predicted octanol–water partition coefficient (Wildman–Crippen LogP) is -1.17. The number of nitrogens with zero attached hydrogens (tertiary/aromatic N) is 1. The molecule has 0 radical (unpaired) electrons. The summed E-state index contributed by atoms with van der Waals surface area (Å²) in [6, 6.07) is 3.35. The molecule has 4 rings (SSSR count). The number of aliphatic hydroxyl groups excluding tert-OH is 3. The summed E-state index contributed by atoms with van der Waals surface area (Å²) in [7, 11) is 3.03. The van der Waals surface area contributed by atoms with Crippen molar-refractivity contribution in [2.24, 2.45) is 23.5 Å². The van der Waals surface area contributed by atoms with Gasteiger partial charge >= 0.3 is 0 Å². The molecule has 2 saturated carbocycles. The molecule has 178 valence electrons. The number of likely N-dealkylation sites (N-methyl/N-ethyl adjacent to an activating group) is 1. The molecule has 3 aliphatic rings. The first kappa shape index (κ1) is 23.4. The SMILES string of the molecule is CN(C)[C@@H]1[C@H](O)[C@H](C(N)=O)C(=O)[C@@]2(O)C(=O)C3=C(O)c4c(O)cccc4C(C)(C)[C@H]3[C@H](O)[C@@H]12. The molecule has 33 heavy (non-hydrogen) atoms. The van der Waals surface area contributed by atoms with Gasteiger partial charge in [-0.15, -0.1) is 0 Å². The van der Waals surface area contributed by atoms with Gasteiger partial charge in [-0.2, -0.15) is 0 Å². The van der Waals surface area contributed by atoms with Crippen LogP contribution in [-0.4, -0.2) is 85.9 Å². The van der Waals surface area contributed by atoms with Crippen LogP contribution in [0.3, 0.4) is 0 Å². The Morgan fingerprint density at radius 1 is 1.09 bits per heavy atom. The number of ketones is 2. The van der Waals surface area contributed by atoms with Crippen LogP contribution < -0.4 is 5.73 Å². The molecule has 7 N–H and O–H groups in total. The summed E-state index contributed by atoms with van der Waals surface area (Å²) < 4.78 is 0. The van der Waals surface area contributed by atoms with Gasteiger partial charge in [0.15, 0.2) is 11.4 Å². The smallest absolute Gasteiger partial charge is 0.230 e. The van der Waals surface area contributed by atoms with Crippen molar-refractivity contribution in [1.82, 2.24) is 4.90 Å². The number of phenols is 1. The second kappa shape index (κ2) is 7.10. The monoisotopic (exact) mass is 460 g/mol. The lowest BCUT2D eigenvalue weighted by Crippen LogP contribution is -2.77. The molecule has 0 bridgehead atoms. The van der Waals surface area contributed by atoms with E-state index in [4.69, 9.17) is 5.73 Å². The first-order valence-corrected chi connectivity index (χ1v) is 10.6. The second-order valence-corrected chi connectivity index (χ2v) is 9.96. The summed E-state index contributed by atoms with van der Waals surface area (Å²) in [5.74, 6) is -9.19. The Hall–Kier alpha value is -2.79. The van der Waals surface area contributed by atoms with Crippen molar-refractivity contribution >= 4 is 23.2 Å². The number of hydrogen-bond donors (Lipinski definition) is 6. The van der Waals surface area contributed by atoms with E-state index in [9.17, 15) is 39.9 Å². The highest BCUT2D eigenvalue weighted by molar-refractivity contribution is 6.25. The van der Waals surface area contributed by atoms with Crippen LogP contribution in [0.5, 0.6) is 5.75 Å². The van der Waals surface area contributed by atoms with E-state index in [-0.39, 0.29) is 11.3 Å². The van der Waals surface area contributed by atoms with Crippen LogP contribution in [0.2, 0.25) is 0 Å². The highest BCUT2D eigenvalue weighted by Gasteiger charge is 2.72. The Bertz CT molecular complexity index is 1110.